The summed E-state index contributed by atoms with van der Waals surface area (Å²) in [6, 6.07) is 6.98. The van der Waals surface area contributed by atoms with Gasteiger partial charge in [-0.1, -0.05) is 23.7 Å². The van der Waals surface area contributed by atoms with Crippen LogP contribution in [0.5, 0.6) is 5.75 Å². The Kier molecular flexibility index (Phi) is 4.82. The number of hydrazone groups is 1. The number of nitrogens with one attached hydrogen (secondary N) is 1. The molecule has 1 aromatic carbocycles. The fraction of sp³-hybridized carbons (Fsp3) is 0.188. The number of amides is 1. The summed E-state index contributed by atoms with van der Waals surface area (Å²) in [6.45, 7) is 3.74. The number of fused-ring (bicyclic) bond motifs is 1. The van der Waals surface area contributed by atoms with Gasteiger partial charge in [-0.25, -0.2) is 10.4 Å². The van der Waals surface area contributed by atoms with Gasteiger partial charge in [-0.3, -0.25) is 9.20 Å². The predicted molar refractivity (Wildman–Crippen MR) is 95.2 cm³/mol. The first kappa shape index (κ1) is 16.5. The van der Waals surface area contributed by atoms with Gasteiger partial charge in [-0.2, -0.15) is 5.10 Å². The molecule has 0 aliphatic carbocycles. The van der Waals surface area contributed by atoms with Crippen LogP contribution in [0.1, 0.15) is 17.1 Å². The normalized spacial score (nSPS) is 11.3. The molecule has 24 heavy (non-hydrogen) atoms. The summed E-state index contributed by atoms with van der Waals surface area (Å²) >= 11 is 7.53. The number of rotatable bonds is 5. The summed E-state index contributed by atoms with van der Waals surface area (Å²) in [7, 11) is 0. The van der Waals surface area contributed by atoms with E-state index in [9.17, 15) is 4.79 Å². The maximum atomic E-state index is 11.8. The van der Waals surface area contributed by atoms with Crippen LogP contribution in [0.2, 0.25) is 5.02 Å². The fourth-order valence-electron chi connectivity index (χ4n) is 2.18. The zero-order valence-corrected chi connectivity index (χ0v) is 14.7. The van der Waals surface area contributed by atoms with Gasteiger partial charge in [0.1, 0.15) is 5.75 Å². The number of nitrogens with zero attached hydrogens (tertiary/aromatic N) is 3. The molecule has 2 heterocycles. The van der Waals surface area contributed by atoms with Crippen molar-refractivity contribution in [3.63, 3.8) is 0 Å². The van der Waals surface area contributed by atoms with Crippen LogP contribution < -0.4 is 10.2 Å². The summed E-state index contributed by atoms with van der Waals surface area (Å²) in [5.41, 5.74) is 5.21. The third-order valence-electron chi connectivity index (χ3n) is 3.33. The molecule has 0 fully saturated rings. The van der Waals surface area contributed by atoms with E-state index in [-0.39, 0.29) is 12.5 Å². The van der Waals surface area contributed by atoms with E-state index in [4.69, 9.17) is 16.3 Å². The number of thiazole rings is 1. The molecule has 6 nitrogen and oxygen atoms in total. The van der Waals surface area contributed by atoms with Crippen molar-refractivity contribution in [2.75, 3.05) is 6.61 Å². The van der Waals surface area contributed by atoms with Crippen molar-refractivity contribution in [3.8, 4) is 5.75 Å². The number of aryl methyl sites for hydroxylation is 2. The number of aromatic nitrogens is 2. The lowest BCUT2D eigenvalue weighted by atomic mass is 10.3. The molecule has 8 heteroatoms. The van der Waals surface area contributed by atoms with E-state index in [0.29, 0.717) is 10.8 Å². The van der Waals surface area contributed by atoms with Gasteiger partial charge in [-0.15, -0.1) is 11.3 Å². The lowest BCUT2D eigenvalue weighted by Gasteiger charge is -2.06. The Morgan fingerprint density at radius 1 is 1.46 bits per heavy atom. The van der Waals surface area contributed by atoms with Crippen LogP contribution in [-0.2, 0) is 4.79 Å². The number of imidazole rings is 1. The molecule has 0 aliphatic heterocycles. The van der Waals surface area contributed by atoms with Gasteiger partial charge in [0, 0.05) is 11.1 Å². The van der Waals surface area contributed by atoms with Gasteiger partial charge in [0.05, 0.1) is 22.6 Å². The Morgan fingerprint density at radius 3 is 3.04 bits per heavy atom. The highest BCUT2D eigenvalue weighted by Crippen LogP contribution is 2.22. The van der Waals surface area contributed by atoms with E-state index < -0.39 is 0 Å². The van der Waals surface area contributed by atoms with Crippen LogP contribution in [0.25, 0.3) is 4.96 Å². The average Bonchev–Trinajstić information content (AvgIpc) is 3.06. The van der Waals surface area contributed by atoms with Crippen LogP contribution in [0, 0.1) is 13.8 Å². The minimum atomic E-state index is -0.369. The quantitative estimate of drug-likeness (QED) is 0.559. The molecule has 0 unspecified atom stereocenters. The van der Waals surface area contributed by atoms with Gasteiger partial charge in [-0.05, 0) is 26.0 Å². The first-order valence-corrected chi connectivity index (χ1v) is 8.44. The molecule has 3 aromatic rings. The number of para-hydroxylation sites is 1. The molecule has 0 radical (unpaired) electrons. The molecule has 1 N–H and O–H groups in total. The van der Waals surface area contributed by atoms with E-state index in [2.05, 4.69) is 15.5 Å². The standard InChI is InChI=1S/C16H15ClN4O2S/c1-10-9-24-16-19-11(2)13(21(10)16)7-18-20-15(22)8-23-14-6-4-3-5-12(14)17/h3-7,9H,8H2,1-2H3,(H,20,22)/b18-7+. The monoisotopic (exact) mass is 362 g/mol. The summed E-state index contributed by atoms with van der Waals surface area (Å²) in [6.07, 6.45) is 1.59. The second-order valence-electron chi connectivity index (χ2n) is 5.09. The van der Waals surface area contributed by atoms with Gasteiger partial charge in [0.15, 0.2) is 11.6 Å². The zero-order chi connectivity index (χ0) is 17.1. The van der Waals surface area contributed by atoms with E-state index >= 15 is 0 Å². The van der Waals surface area contributed by atoms with Gasteiger partial charge in [0.25, 0.3) is 5.91 Å². The van der Waals surface area contributed by atoms with E-state index in [1.165, 1.54) is 0 Å². The maximum absolute atomic E-state index is 11.8. The Hall–Kier alpha value is -2.38. The van der Waals surface area contributed by atoms with Crippen molar-refractivity contribution in [1.29, 1.82) is 0 Å². The average molecular weight is 363 g/mol. The number of hydrogen-bond acceptors (Lipinski definition) is 5. The van der Waals surface area contributed by atoms with E-state index in [1.54, 1.807) is 41.8 Å². The Labute approximate surface area is 147 Å². The molecule has 0 saturated carbocycles. The van der Waals surface area contributed by atoms with Crippen molar-refractivity contribution in [1.82, 2.24) is 14.8 Å². The van der Waals surface area contributed by atoms with Crippen LogP contribution in [-0.4, -0.2) is 28.1 Å². The van der Waals surface area contributed by atoms with Crippen molar-refractivity contribution >= 4 is 40.0 Å². The Morgan fingerprint density at radius 2 is 2.25 bits per heavy atom. The molecular weight excluding hydrogens is 348 g/mol. The van der Waals surface area contributed by atoms with Gasteiger partial charge >= 0.3 is 0 Å². The molecular formula is C16H15ClN4O2S. The lowest BCUT2D eigenvalue weighted by molar-refractivity contribution is -0.123. The van der Waals surface area contributed by atoms with Gasteiger partial charge < -0.3 is 4.74 Å². The van der Waals surface area contributed by atoms with Gasteiger partial charge in [0.2, 0.25) is 0 Å². The Bertz CT molecular complexity index is 916. The zero-order valence-electron chi connectivity index (χ0n) is 13.1. The first-order chi connectivity index (χ1) is 11.6. The summed E-state index contributed by atoms with van der Waals surface area (Å²) < 4.78 is 7.35. The van der Waals surface area contributed by atoms with Crippen LogP contribution in [0.4, 0.5) is 0 Å². The number of carbonyl (C=O) groups excluding carboxylic acids is 1. The van der Waals surface area contributed by atoms with Crippen molar-refractivity contribution < 1.29 is 9.53 Å². The highest BCUT2D eigenvalue weighted by Gasteiger charge is 2.10. The van der Waals surface area contributed by atoms with Crippen molar-refractivity contribution in [2.45, 2.75) is 13.8 Å². The smallest absolute Gasteiger partial charge is 0.277 e. The largest absolute Gasteiger partial charge is 0.482 e. The number of carbonyl (C=O) groups is 1. The van der Waals surface area contributed by atoms with E-state index in [0.717, 1.165) is 22.0 Å². The minimum Gasteiger partial charge on any atom is -0.482 e. The molecule has 1 amide bonds. The van der Waals surface area contributed by atoms with Crippen LogP contribution in [0.3, 0.4) is 0 Å². The number of halogens is 1. The van der Waals surface area contributed by atoms with E-state index in [1.807, 2.05) is 23.6 Å². The molecule has 124 valence electrons. The summed E-state index contributed by atoms with van der Waals surface area (Å²) in [4.78, 5) is 17.2. The summed E-state index contributed by atoms with van der Waals surface area (Å²) in [5, 5.41) is 6.47. The molecule has 0 atom stereocenters. The molecule has 2 aromatic heterocycles. The lowest BCUT2D eigenvalue weighted by Crippen LogP contribution is -2.24. The highest BCUT2D eigenvalue weighted by atomic mass is 35.5. The first-order valence-electron chi connectivity index (χ1n) is 7.18. The maximum Gasteiger partial charge on any atom is 0.277 e. The second kappa shape index (κ2) is 7.02. The van der Waals surface area contributed by atoms with Crippen molar-refractivity contribution in [2.24, 2.45) is 5.10 Å². The number of hydrogen-bond donors (Lipinski definition) is 1. The highest BCUT2D eigenvalue weighted by molar-refractivity contribution is 7.15. The molecule has 0 bridgehead atoms. The topological polar surface area (TPSA) is 68.0 Å². The minimum absolute atomic E-state index is 0.167. The molecule has 0 aliphatic rings. The van der Waals surface area contributed by atoms with Crippen LogP contribution >= 0.6 is 22.9 Å². The molecule has 0 saturated heterocycles. The Balaban J connectivity index is 1.61. The third kappa shape index (κ3) is 3.42. The fourth-order valence-corrected chi connectivity index (χ4v) is 3.29. The third-order valence-corrected chi connectivity index (χ3v) is 4.58. The molecule has 3 rings (SSSR count). The SMILES string of the molecule is Cc1nc2scc(C)n2c1/C=N/NC(=O)COc1ccccc1Cl. The second-order valence-corrected chi connectivity index (χ2v) is 6.33. The number of ether oxygens (including phenoxy) is 1. The van der Waals surface area contributed by atoms with Crippen molar-refractivity contribution in [3.05, 3.63) is 51.7 Å². The van der Waals surface area contributed by atoms with Crippen LogP contribution in [0.15, 0.2) is 34.7 Å². The molecule has 0 spiro atoms. The number of benzene rings is 1. The summed E-state index contributed by atoms with van der Waals surface area (Å²) in [5.74, 6) is 0.0900. The predicted octanol–water partition coefficient (Wildman–Crippen LogP) is 3.20.